The highest BCUT2D eigenvalue weighted by Crippen LogP contribution is 2.38. The Morgan fingerprint density at radius 2 is 1.86 bits per heavy atom. The van der Waals surface area contributed by atoms with Crippen molar-refractivity contribution in [3.8, 4) is 11.5 Å². The first-order valence-corrected chi connectivity index (χ1v) is 6.62. The minimum Gasteiger partial charge on any atom is -0.507 e. The zero-order valence-electron chi connectivity index (χ0n) is 11.3. The van der Waals surface area contributed by atoms with Crippen LogP contribution in [0.3, 0.4) is 0 Å². The molecular weight excluding hydrogens is 264 g/mol. The summed E-state index contributed by atoms with van der Waals surface area (Å²) < 4.78 is 0. The van der Waals surface area contributed by atoms with Crippen LogP contribution in [0.5, 0.6) is 11.5 Å². The molecule has 0 saturated heterocycles. The van der Waals surface area contributed by atoms with Crippen molar-refractivity contribution in [2.24, 2.45) is 4.99 Å². The molecule has 4 heteroatoms. The summed E-state index contributed by atoms with van der Waals surface area (Å²) in [6, 6.07) is 14.8. The third-order valence-electron chi connectivity index (χ3n) is 3.22. The fourth-order valence-corrected chi connectivity index (χ4v) is 2.16. The van der Waals surface area contributed by atoms with Gasteiger partial charge in [-0.2, -0.15) is 0 Å². The van der Waals surface area contributed by atoms with E-state index in [2.05, 4.69) is 9.98 Å². The molecule has 0 aliphatic rings. The van der Waals surface area contributed by atoms with Gasteiger partial charge in [0.15, 0.2) is 5.75 Å². The average Bonchev–Trinajstić information content (AvgIpc) is 2.53. The second-order valence-electron chi connectivity index (χ2n) is 4.66. The molecule has 2 aromatic carbocycles. The van der Waals surface area contributed by atoms with Gasteiger partial charge in [0.25, 0.3) is 0 Å². The number of pyridine rings is 1. The fourth-order valence-electron chi connectivity index (χ4n) is 2.16. The Hall–Kier alpha value is -2.88. The van der Waals surface area contributed by atoms with Gasteiger partial charge in [-0.3, -0.25) is 9.98 Å². The molecule has 4 nitrogen and oxygen atoms in total. The molecule has 0 amide bonds. The van der Waals surface area contributed by atoms with E-state index in [0.717, 1.165) is 5.56 Å². The van der Waals surface area contributed by atoms with Crippen molar-refractivity contribution in [3.05, 3.63) is 60.3 Å². The number of rotatable bonds is 3. The number of phenolic OH excluding ortho intramolecular Hbond substituents is 2. The summed E-state index contributed by atoms with van der Waals surface area (Å²) in [6.07, 6.45) is 3.93. The van der Waals surface area contributed by atoms with E-state index in [1.165, 1.54) is 6.07 Å². The topological polar surface area (TPSA) is 65.7 Å². The summed E-state index contributed by atoms with van der Waals surface area (Å²) in [5.41, 5.74) is 1.79. The number of hydrogen-bond donors (Lipinski definition) is 2. The normalized spacial score (nSPS) is 11.2. The van der Waals surface area contributed by atoms with Gasteiger partial charge >= 0.3 is 0 Å². The van der Waals surface area contributed by atoms with Crippen LogP contribution in [0.15, 0.2) is 59.7 Å². The van der Waals surface area contributed by atoms with E-state index in [1.807, 2.05) is 30.3 Å². The summed E-state index contributed by atoms with van der Waals surface area (Å²) in [5.74, 6) is 0.0375. The average molecular weight is 278 g/mol. The van der Waals surface area contributed by atoms with Gasteiger partial charge in [-0.25, -0.2) is 0 Å². The van der Waals surface area contributed by atoms with E-state index in [9.17, 15) is 10.2 Å². The van der Waals surface area contributed by atoms with Gasteiger partial charge in [0.05, 0.1) is 0 Å². The van der Waals surface area contributed by atoms with E-state index < -0.39 is 0 Å². The highest BCUT2D eigenvalue weighted by molar-refractivity contribution is 5.94. The Morgan fingerprint density at radius 1 is 1.05 bits per heavy atom. The van der Waals surface area contributed by atoms with Gasteiger partial charge in [-0.15, -0.1) is 0 Å². The molecule has 2 N–H and O–H groups in total. The molecule has 1 aromatic heterocycles. The van der Waals surface area contributed by atoms with Crippen LogP contribution in [-0.4, -0.2) is 21.4 Å². The number of phenols is 2. The molecule has 0 fully saturated rings. The second kappa shape index (κ2) is 5.63. The Labute approximate surface area is 122 Å². The first kappa shape index (κ1) is 13.1. The van der Waals surface area contributed by atoms with Crippen LogP contribution in [0.4, 0.5) is 5.69 Å². The molecule has 0 radical (unpaired) electrons. The first-order chi connectivity index (χ1) is 10.3. The maximum atomic E-state index is 10.2. The molecule has 104 valence electrons. The highest BCUT2D eigenvalue weighted by atomic mass is 16.3. The number of nitrogens with zero attached hydrogens (tertiary/aromatic N) is 2. The van der Waals surface area contributed by atoms with Crippen LogP contribution < -0.4 is 0 Å². The first-order valence-electron chi connectivity index (χ1n) is 6.62. The van der Waals surface area contributed by atoms with Crippen molar-refractivity contribution >= 4 is 22.8 Å². The van der Waals surface area contributed by atoms with E-state index in [0.29, 0.717) is 23.0 Å². The summed E-state index contributed by atoms with van der Waals surface area (Å²) in [7, 11) is 0. The Balaban J connectivity index is 1.92. The SMILES string of the molecule is Oc1cc(N=CCc2ccccc2)c(O)c2ncccc12. The molecule has 1 heterocycles. The molecule has 0 saturated carbocycles. The fraction of sp³-hybridized carbons (Fsp3) is 0.0588. The van der Waals surface area contributed by atoms with E-state index in [1.54, 1.807) is 24.5 Å². The van der Waals surface area contributed by atoms with E-state index in [4.69, 9.17) is 0 Å². The minimum atomic E-state index is -0.0206. The lowest BCUT2D eigenvalue weighted by Gasteiger charge is -2.05. The zero-order chi connectivity index (χ0) is 14.7. The number of aromatic nitrogens is 1. The number of aliphatic imine (C=N–C) groups is 1. The lowest BCUT2D eigenvalue weighted by molar-refractivity contribution is 0.470. The largest absolute Gasteiger partial charge is 0.507 e. The van der Waals surface area contributed by atoms with Gasteiger partial charge < -0.3 is 10.2 Å². The predicted octanol–water partition coefficient (Wildman–Crippen LogP) is 3.59. The maximum absolute atomic E-state index is 10.2. The van der Waals surface area contributed by atoms with Crippen molar-refractivity contribution in [2.45, 2.75) is 6.42 Å². The Bertz CT molecular complexity index is 798. The smallest absolute Gasteiger partial charge is 0.168 e. The molecule has 21 heavy (non-hydrogen) atoms. The van der Waals surface area contributed by atoms with Gasteiger partial charge in [0, 0.05) is 30.3 Å². The molecule has 0 atom stereocenters. The summed E-state index contributed by atoms with van der Waals surface area (Å²) in [6.45, 7) is 0. The Kier molecular flexibility index (Phi) is 3.51. The van der Waals surface area contributed by atoms with Crippen LogP contribution in [-0.2, 0) is 6.42 Å². The third-order valence-corrected chi connectivity index (χ3v) is 3.22. The zero-order valence-corrected chi connectivity index (χ0v) is 11.3. The Morgan fingerprint density at radius 3 is 2.67 bits per heavy atom. The van der Waals surface area contributed by atoms with Crippen molar-refractivity contribution in [1.82, 2.24) is 4.98 Å². The van der Waals surface area contributed by atoms with Gasteiger partial charge in [-0.1, -0.05) is 30.3 Å². The van der Waals surface area contributed by atoms with Crippen molar-refractivity contribution < 1.29 is 10.2 Å². The summed E-state index contributed by atoms with van der Waals surface area (Å²) >= 11 is 0. The molecule has 0 aliphatic heterocycles. The van der Waals surface area contributed by atoms with E-state index in [-0.39, 0.29) is 11.5 Å². The lowest BCUT2D eigenvalue weighted by Crippen LogP contribution is -1.85. The van der Waals surface area contributed by atoms with Crippen LogP contribution in [0.1, 0.15) is 5.56 Å². The van der Waals surface area contributed by atoms with Crippen LogP contribution in [0.25, 0.3) is 10.9 Å². The molecule has 0 bridgehead atoms. The monoisotopic (exact) mass is 278 g/mol. The van der Waals surface area contributed by atoms with Crippen LogP contribution >= 0.6 is 0 Å². The molecule has 0 unspecified atom stereocenters. The van der Waals surface area contributed by atoms with E-state index >= 15 is 0 Å². The number of fused-ring (bicyclic) bond motifs is 1. The van der Waals surface area contributed by atoms with Crippen LogP contribution in [0.2, 0.25) is 0 Å². The molecule has 3 aromatic rings. The maximum Gasteiger partial charge on any atom is 0.168 e. The van der Waals surface area contributed by atoms with Gasteiger partial charge in [0.2, 0.25) is 0 Å². The van der Waals surface area contributed by atoms with Crippen molar-refractivity contribution in [1.29, 1.82) is 0 Å². The van der Waals surface area contributed by atoms with Crippen molar-refractivity contribution in [2.75, 3.05) is 0 Å². The number of aromatic hydroxyl groups is 2. The standard InChI is InChI=1S/C17H14N2O2/c20-15-11-14(17(21)16-13(15)7-4-9-19-16)18-10-8-12-5-2-1-3-6-12/h1-7,9-11,20-21H,8H2. The molecular formula is C17H14N2O2. The summed E-state index contributed by atoms with van der Waals surface area (Å²) in [5, 5.41) is 20.7. The van der Waals surface area contributed by atoms with Gasteiger partial charge in [0.1, 0.15) is 17.0 Å². The highest BCUT2D eigenvalue weighted by Gasteiger charge is 2.10. The number of hydrogen-bond acceptors (Lipinski definition) is 4. The van der Waals surface area contributed by atoms with Crippen molar-refractivity contribution in [3.63, 3.8) is 0 Å². The predicted molar refractivity (Wildman–Crippen MR) is 83.4 cm³/mol. The molecule has 0 aliphatic carbocycles. The van der Waals surface area contributed by atoms with Crippen LogP contribution in [0, 0.1) is 0 Å². The summed E-state index contributed by atoms with van der Waals surface area (Å²) in [4.78, 5) is 8.32. The number of benzene rings is 2. The third kappa shape index (κ3) is 2.69. The second-order valence-corrected chi connectivity index (χ2v) is 4.66. The minimum absolute atomic E-state index is 0.0206. The molecule has 0 spiro atoms. The van der Waals surface area contributed by atoms with Gasteiger partial charge in [-0.05, 0) is 17.7 Å². The quantitative estimate of drug-likeness (QED) is 0.568. The lowest BCUT2D eigenvalue weighted by atomic mass is 10.1. The molecule has 3 rings (SSSR count).